The number of benzene rings is 1. The van der Waals surface area contributed by atoms with Gasteiger partial charge in [-0.05, 0) is 37.1 Å². The molecule has 3 nitrogen and oxygen atoms in total. The molecule has 1 aromatic rings. The van der Waals surface area contributed by atoms with Crippen LogP contribution in [-0.2, 0) is 0 Å². The number of hydrogen-bond donors (Lipinski definition) is 2. The van der Waals surface area contributed by atoms with Crippen molar-refractivity contribution in [3.63, 3.8) is 0 Å². The second kappa shape index (κ2) is 8.64. The van der Waals surface area contributed by atoms with Gasteiger partial charge in [0.1, 0.15) is 0 Å². The molecule has 1 aromatic carbocycles. The molecule has 0 bridgehead atoms. The van der Waals surface area contributed by atoms with Crippen LogP contribution in [0.3, 0.4) is 0 Å². The Balaban J connectivity index is 2.43. The average Bonchev–Trinajstić information content (AvgIpc) is 2.37. The normalized spacial score (nSPS) is 12.9. The number of hydrogen-bond acceptors (Lipinski definition) is 3. The van der Waals surface area contributed by atoms with Crippen molar-refractivity contribution in [3.05, 3.63) is 34.3 Å². The third kappa shape index (κ3) is 5.48. The lowest BCUT2D eigenvalue weighted by Gasteiger charge is -2.22. The Kier molecular flexibility index (Phi) is 7.51. The Labute approximate surface area is 118 Å². The molecule has 0 radical (unpaired) electrons. The van der Waals surface area contributed by atoms with Crippen molar-refractivity contribution >= 4 is 15.9 Å². The molecule has 0 heterocycles. The minimum Gasteiger partial charge on any atom is -0.395 e. The molecule has 0 aliphatic rings. The number of halogens is 1. The molecule has 0 fully saturated rings. The summed E-state index contributed by atoms with van der Waals surface area (Å²) in [4.78, 5) is 2.26. The Hall–Kier alpha value is -0.420. The van der Waals surface area contributed by atoms with Crippen molar-refractivity contribution in [1.82, 2.24) is 4.90 Å². The summed E-state index contributed by atoms with van der Waals surface area (Å²) in [6.45, 7) is 5.06. The van der Waals surface area contributed by atoms with Crippen LogP contribution in [0, 0.1) is 0 Å². The summed E-state index contributed by atoms with van der Waals surface area (Å²) in [5.74, 6) is 0. The van der Waals surface area contributed by atoms with E-state index in [9.17, 15) is 0 Å². The molecule has 102 valence electrons. The lowest BCUT2D eigenvalue weighted by molar-refractivity contribution is 0.191. The summed E-state index contributed by atoms with van der Waals surface area (Å²) in [6, 6.07) is 8.23. The average molecular weight is 315 g/mol. The summed E-state index contributed by atoms with van der Waals surface area (Å²) in [7, 11) is 0. The van der Waals surface area contributed by atoms with Gasteiger partial charge in [0, 0.05) is 23.6 Å². The van der Waals surface area contributed by atoms with Gasteiger partial charge in [0.2, 0.25) is 0 Å². The fourth-order valence-corrected chi connectivity index (χ4v) is 2.26. The minimum absolute atomic E-state index is 0.0659. The van der Waals surface area contributed by atoms with E-state index in [1.807, 2.05) is 12.1 Å². The maximum atomic E-state index is 9.00. The van der Waals surface area contributed by atoms with Gasteiger partial charge in [0.05, 0.1) is 6.61 Å². The first-order chi connectivity index (χ1) is 8.67. The summed E-state index contributed by atoms with van der Waals surface area (Å²) in [5.41, 5.74) is 7.35. The molecule has 1 unspecified atom stereocenters. The van der Waals surface area contributed by atoms with Crippen LogP contribution < -0.4 is 5.73 Å². The first-order valence-electron chi connectivity index (χ1n) is 6.51. The largest absolute Gasteiger partial charge is 0.395 e. The molecule has 0 spiro atoms. The fourth-order valence-electron chi connectivity index (χ4n) is 1.99. The van der Waals surface area contributed by atoms with Crippen LogP contribution in [0.2, 0.25) is 0 Å². The van der Waals surface area contributed by atoms with Crippen molar-refractivity contribution < 1.29 is 5.11 Å². The molecule has 0 aromatic heterocycles. The first-order valence-corrected chi connectivity index (χ1v) is 7.31. The third-order valence-electron chi connectivity index (χ3n) is 3.01. The maximum absolute atomic E-state index is 9.00. The standard InChI is InChI=1S/C14H23BrN2O/c1-2-8-17(10-11-18)9-7-14(16)12-3-5-13(15)6-4-12/h3-6,14,18H,2,7-11,16H2,1H3. The summed E-state index contributed by atoms with van der Waals surface area (Å²) < 4.78 is 1.08. The molecule has 3 N–H and O–H groups in total. The summed E-state index contributed by atoms with van der Waals surface area (Å²) in [6.07, 6.45) is 2.02. The molecule has 1 atom stereocenters. The SMILES string of the molecule is CCCN(CCO)CCC(N)c1ccc(Br)cc1. The Morgan fingerprint density at radius 3 is 2.44 bits per heavy atom. The van der Waals surface area contributed by atoms with Crippen LogP contribution >= 0.6 is 15.9 Å². The highest BCUT2D eigenvalue weighted by atomic mass is 79.9. The molecule has 0 aliphatic carbocycles. The van der Waals surface area contributed by atoms with Crippen LogP contribution in [0.4, 0.5) is 0 Å². The van der Waals surface area contributed by atoms with Gasteiger partial charge in [-0.3, -0.25) is 0 Å². The van der Waals surface area contributed by atoms with Gasteiger partial charge < -0.3 is 15.7 Å². The topological polar surface area (TPSA) is 49.5 Å². The number of nitrogens with two attached hydrogens (primary N) is 1. The van der Waals surface area contributed by atoms with E-state index in [4.69, 9.17) is 10.8 Å². The monoisotopic (exact) mass is 314 g/mol. The molecular formula is C14H23BrN2O. The molecule has 0 amide bonds. The van der Waals surface area contributed by atoms with Crippen molar-refractivity contribution in [1.29, 1.82) is 0 Å². The van der Waals surface area contributed by atoms with Gasteiger partial charge in [-0.25, -0.2) is 0 Å². The number of rotatable bonds is 8. The van der Waals surface area contributed by atoms with Gasteiger partial charge in [0.25, 0.3) is 0 Å². The zero-order chi connectivity index (χ0) is 13.4. The van der Waals surface area contributed by atoms with Gasteiger partial charge >= 0.3 is 0 Å². The van der Waals surface area contributed by atoms with Gasteiger partial charge in [0.15, 0.2) is 0 Å². The number of nitrogens with zero attached hydrogens (tertiary/aromatic N) is 1. The molecule has 0 aliphatic heterocycles. The highest BCUT2D eigenvalue weighted by Crippen LogP contribution is 2.17. The predicted octanol–water partition coefficient (Wildman–Crippen LogP) is 2.54. The summed E-state index contributed by atoms with van der Waals surface area (Å²) in [5, 5.41) is 9.00. The van der Waals surface area contributed by atoms with Crippen molar-refractivity contribution in [2.45, 2.75) is 25.8 Å². The van der Waals surface area contributed by atoms with E-state index in [0.29, 0.717) is 0 Å². The molecule has 0 saturated carbocycles. The second-order valence-corrected chi connectivity index (χ2v) is 5.43. The predicted molar refractivity (Wildman–Crippen MR) is 79.5 cm³/mol. The van der Waals surface area contributed by atoms with Crippen molar-refractivity contribution in [2.24, 2.45) is 5.73 Å². The van der Waals surface area contributed by atoms with E-state index < -0.39 is 0 Å². The molecule has 4 heteroatoms. The van der Waals surface area contributed by atoms with Crippen LogP contribution in [0.15, 0.2) is 28.7 Å². The Bertz CT molecular complexity index is 323. The van der Waals surface area contributed by atoms with E-state index >= 15 is 0 Å². The van der Waals surface area contributed by atoms with Crippen LogP contribution in [-0.4, -0.2) is 36.2 Å². The van der Waals surface area contributed by atoms with E-state index in [0.717, 1.165) is 36.9 Å². The van der Waals surface area contributed by atoms with Gasteiger partial charge in [-0.2, -0.15) is 0 Å². The van der Waals surface area contributed by atoms with E-state index in [1.165, 1.54) is 5.56 Å². The Morgan fingerprint density at radius 2 is 1.89 bits per heavy atom. The highest BCUT2D eigenvalue weighted by molar-refractivity contribution is 9.10. The smallest absolute Gasteiger partial charge is 0.0558 e. The van der Waals surface area contributed by atoms with Crippen molar-refractivity contribution in [3.8, 4) is 0 Å². The minimum atomic E-state index is 0.0659. The lowest BCUT2D eigenvalue weighted by atomic mass is 10.0. The second-order valence-electron chi connectivity index (χ2n) is 4.51. The van der Waals surface area contributed by atoms with Crippen LogP contribution in [0.5, 0.6) is 0 Å². The Morgan fingerprint density at radius 1 is 1.22 bits per heavy atom. The van der Waals surface area contributed by atoms with Crippen LogP contribution in [0.1, 0.15) is 31.4 Å². The molecule has 1 rings (SSSR count). The van der Waals surface area contributed by atoms with Gasteiger partial charge in [-0.1, -0.05) is 35.0 Å². The van der Waals surface area contributed by atoms with Crippen molar-refractivity contribution in [2.75, 3.05) is 26.2 Å². The quantitative estimate of drug-likeness (QED) is 0.775. The van der Waals surface area contributed by atoms with E-state index in [1.54, 1.807) is 0 Å². The molecular weight excluding hydrogens is 292 g/mol. The number of aliphatic hydroxyl groups is 1. The third-order valence-corrected chi connectivity index (χ3v) is 3.54. The fraction of sp³-hybridized carbons (Fsp3) is 0.571. The lowest BCUT2D eigenvalue weighted by Crippen LogP contribution is -2.30. The molecule has 0 saturated heterocycles. The highest BCUT2D eigenvalue weighted by Gasteiger charge is 2.09. The number of aliphatic hydroxyl groups excluding tert-OH is 1. The summed E-state index contributed by atoms with van der Waals surface area (Å²) >= 11 is 3.42. The zero-order valence-corrected chi connectivity index (χ0v) is 12.6. The van der Waals surface area contributed by atoms with E-state index in [-0.39, 0.29) is 12.6 Å². The molecule has 18 heavy (non-hydrogen) atoms. The first kappa shape index (κ1) is 15.6. The zero-order valence-electron chi connectivity index (χ0n) is 11.0. The van der Waals surface area contributed by atoms with Crippen LogP contribution in [0.25, 0.3) is 0 Å². The maximum Gasteiger partial charge on any atom is 0.0558 e. The van der Waals surface area contributed by atoms with E-state index in [2.05, 4.69) is 39.9 Å². The van der Waals surface area contributed by atoms with Gasteiger partial charge in [-0.15, -0.1) is 0 Å².